The highest BCUT2D eigenvalue weighted by Crippen LogP contribution is 2.37. The summed E-state index contributed by atoms with van der Waals surface area (Å²) in [7, 11) is 0. The molecule has 0 radical (unpaired) electrons. The van der Waals surface area contributed by atoms with Gasteiger partial charge in [0.2, 0.25) is 3.79 Å². The molecule has 0 fully saturated rings. The Morgan fingerprint density at radius 2 is 2.17 bits per heavy atom. The van der Waals surface area contributed by atoms with E-state index in [2.05, 4.69) is 0 Å². The average molecular weight is 393 g/mol. The van der Waals surface area contributed by atoms with Gasteiger partial charge in [-0.15, -0.1) is 0 Å². The zero-order chi connectivity index (χ0) is 17.6. The van der Waals surface area contributed by atoms with E-state index in [9.17, 15) is 14.7 Å². The monoisotopic (exact) mass is 391 g/mol. The highest BCUT2D eigenvalue weighted by molar-refractivity contribution is 6.67. The number of aliphatic hydroxyl groups is 1. The Morgan fingerprint density at radius 1 is 1.46 bits per heavy atom. The number of nitrogens with zero attached hydrogens (tertiary/aromatic N) is 1. The fraction of sp³-hybridized carbons (Fsp3) is 0.333. The predicted octanol–water partition coefficient (Wildman–Crippen LogP) is 3.29. The fourth-order valence-corrected chi connectivity index (χ4v) is 2.88. The number of ether oxygens (including phenoxy) is 1. The second-order valence-corrected chi connectivity index (χ2v) is 7.93. The third-order valence-corrected chi connectivity index (χ3v) is 4.03. The topological polar surface area (TPSA) is 80.0 Å². The van der Waals surface area contributed by atoms with Crippen molar-refractivity contribution in [3.05, 3.63) is 39.7 Å². The summed E-state index contributed by atoms with van der Waals surface area (Å²) in [4.78, 5) is 24.9. The Labute approximate surface area is 151 Å². The normalized spacial score (nSPS) is 17.2. The molecule has 1 aliphatic rings. The highest BCUT2D eigenvalue weighted by Gasteiger charge is 2.37. The van der Waals surface area contributed by atoms with Crippen LogP contribution in [0.4, 0.5) is 10.5 Å². The number of alkyl halides is 3. The number of hydrogen-bond donors (Lipinski definition) is 1. The van der Waals surface area contributed by atoms with E-state index in [1.165, 1.54) is 6.07 Å². The maximum absolute atomic E-state index is 12.2. The molecule has 0 saturated carbocycles. The van der Waals surface area contributed by atoms with Gasteiger partial charge in [0.15, 0.2) is 0 Å². The lowest BCUT2D eigenvalue weighted by Crippen LogP contribution is -2.39. The minimum atomic E-state index is -1.75. The summed E-state index contributed by atoms with van der Waals surface area (Å²) in [6.07, 6.45) is -1.93. The van der Waals surface area contributed by atoms with Crippen LogP contribution in [0, 0.1) is 6.92 Å². The summed E-state index contributed by atoms with van der Waals surface area (Å²) in [5.74, 6) is 0. The number of carbonyl (C=O) groups is 1. The van der Waals surface area contributed by atoms with E-state index in [1.807, 2.05) is 0 Å². The van der Waals surface area contributed by atoms with Crippen molar-refractivity contribution in [2.75, 3.05) is 11.5 Å². The summed E-state index contributed by atoms with van der Waals surface area (Å²) in [5, 5.41) is 10.9. The number of hydrogen-bond acceptors (Lipinski definition) is 5. The summed E-state index contributed by atoms with van der Waals surface area (Å²) in [6.45, 7) is 1.32. The number of anilines is 1. The molecule has 1 aromatic heterocycles. The summed E-state index contributed by atoms with van der Waals surface area (Å²) < 4.78 is 8.43. The lowest BCUT2D eigenvalue weighted by atomic mass is 10.1. The Hall–Kier alpha value is -1.47. The number of carbonyl (C=O) groups excluding carboxylic acids is 1. The van der Waals surface area contributed by atoms with E-state index in [1.54, 1.807) is 19.1 Å². The first-order chi connectivity index (χ1) is 11.2. The van der Waals surface area contributed by atoms with Crippen molar-refractivity contribution >= 4 is 57.6 Å². The van der Waals surface area contributed by atoms with Crippen molar-refractivity contribution in [2.24, 2.45) is 0 Å². The molecule has 0 saturated heterocycles. The van der Waals surface area contributed by atoms with Gasteiger partial charge >= 0.3 is 11.7 Å². The lowest BCUT2D eigenvalue weighted by Gasteiger charge is -2.22. The maximum atomic E-state index is 12.2. The number of aliphatic hydroxyl groups excluding tert-OH is 1. The van der Waals surface area contributed by atoms with Gasteiger partial charge in [0.05, 0.1) is 5.69 Å². The van der Waals surface area contributed by atoms with Crippen molar-refractivity contribution in [3.63, 3.8) is 0 Å². The van der Waals surface area contributed by atoms with Crippen molar-refractivity contribution in [2.45, 2.75) is 23.4 Å². The molecule has 2 aromatic rings. The van der Waals surface area contributed by atoms with Gasteiger partial charge in [-0.25, -0.2) is 9.59 Å². The molecule has 0 spiro atoms. The third kappa shape index (κ3) is 3.19. The highest BCUT2D eigenvalue weighted by atomic mass is 35.6. The zero-order valence-electron chi connectivity index (χ0n) is 12.4. The van der Waals surface area contributed by atoms with Crippen molar-refractivity contribution in [1.82, 2.24) is 0 Å². The van der Waals surface area contributed by atoms with E-state index in [0.717, 1.165) is 15.8 Å². The van der Waals surface area contributed by atoms with Gasteiger partial charge in [0.1, 0.15) is 18.4 Å². The molecule has 9 heteroatoms. The molecular formula is C15H12Cl3NO5. The number of rotatable bonds is 1. The van der Waals surface area contributed by atoms with Gasteiger partial charge in [-0.3, -0.25) is 4.90 Å². The van der Waals surface area contributed by atoms with Crippen molar-refractivity contribution < 1.29 is 19.1 Å². The lowest BCUT2D eigenvalue weighted by molar-refractivity contribution is 0.127. The average Bonchev–Trinajstić information content (AvgIpc) is 2.80. The van der Waals surface area contributed by atoms with E-state index in [-0.39, 0.29) is 6.42 Å². The number of amides is 1. The molecule has 1 aliphatic heterocycles. The second kappa shape index (κ2) is 6.11. The van der Waals surface area contributed by atoms with Crippen LogP contribution in [-0.4, -0.2) is 27.8 Å². The second-order valence-electron chi connectivity index (χ2n) is 5.41. The Kier molecular flexibility index (Phi) is 4.42. The number of fused-ring (bicyclic) bond motifs is 3. The van der Waals surface area contributed by atoms with Crippen LogP contribution in [0.25, 0.3) is 11.0 Å². The maximum Gasteiger partial charge on any atom is 0.416 e. The molecule has 1 atom stereocenters. The summed E-state index contributed by atoms with van der Waals surface area (Å²) >= 11 is 16.7. The first-order valence-corrected chi connectivity index (χ1v) is 8.08. The predicted molar refractivity (Wildman–Crippen MR) is 91.0 cm³/mol. The molecule has 0 aliphatic carbocycles. The number of aryl methyl sites for hydroxylation is 1. The summed E-state index contributed by atoms with van der Waals surface area (Å²) in [5.41, 5.74) is 1.52. The van der Waals surface area contributed by atoms with Crippen LogP contribution in [0.1, 0.15) is 11.1 Å². The first-order valence-electron chi connectivity index (χ1n) is 6.94. The van der Waals surface area contributed by atoms with Gasteiger partial charge in [0, 0.05) is 23.4 Å². The Morgan fingerprint density at radius 3 is 2.83 bits per heavy atom. The number of benzene rings is 1. The van der Waals surface area contributed by atoms with Crippen LogP contribution < -0.4 is 10.5 Å². The number of halogens is 3. The molecule has 2 heterocycles. The molecule has 6 nitrogen and oxygen atoms in total. The molecule has 1 aromatic carbocycles. The van der Waals surface area contributed by atoms with E-state index < -0.39 is 28.3 Å². The van der Waals surface area contributed by atoms with Crippen LogP contribution in [0.15, 0.2) is 27.4 Å². The zero-order valence-corrected chi connectivity index (χ0v) is 14.7. The first kappa shape index (κ1) is 17.4. The minimum absolute atomic E-state index is 0.0991. The molecule has 24 heavy (non-hydrogen) atoms. The summed E-state index contributed by atoms with van der Waals surface area (Å²) in [6, 6.07) is 4.74. The molecule has 1 amide bonds. The fourth-order valence-electron chi connectivity index (χ4n) is 2.72. The molecule has 1 unspecified atom stereocenters. The van der Waals surface area contributed by atoms with E-state index in [4.69, 9.17) is 44.0 Å². The third-order valence-electron chi connectivity index (χ3n) is 3.70. The van der Waals surface area contributed by atoms with Crippen molar-refractivity contribution in [3.8, 4) is 0 Å². The van der Waals surface area contributed by atoms with Crippen LogP contribution >= 0.6 is 34.8 Å². The smallest absolute Gasteiger partial charge is 0.416 e. The molecule has 128 valence electrons. The molecular weight excluding hydrogens is 381 g/mol. The van der Waals surface area contributed by atoms with Crippen LogP contribution in [-0.2, 0) is 11.2 Å². The van der Waals surface area contributed by atoms with E-state index in [0.29, 0.717) is 16.8 Å². The largest absolute Gasteiger partial charge is 0.445 e. The van der Waals surface area contributed by atoms with Gasteiger partial charge in [-0.05, 0) is 24.6 Å². The van der Waals surface area contributed by atoms with Gasteiger partial charge < -0.3 is 14.3 Å². The molecule has 0 bridgehead atoms. The quantitative estimate of drug-likeness (QED) is 0.595. The van der Waals surface area contributed by atoms with Gasteiger partial charge in [-0.2, -0.15) is 0 Å². The van der Waals surface area contributed by atoms with Crippen LogP contribution in [0.2, 0.25) is 0 Å². The Balaban J connectivity index is 2.02. The van der Waals surface area contributed by atoms with Gasteiger partial charge in [-0.1, -0.05) is 34.8 Å². The van der Waals surface area contributed by atoms with Crippen LogP contribution in [0.3, 0.4) is 0 Å². The minimum Gasteiger partial charge on any atom is -0.445 e. The van der Waals surface area contributed by atoms with Crippen LogP contribution in [0.5, 0.6) is 0 Å². The molecule has 1 N–H and O–H groups in total. The van der Waals surface area contributed by atoms with Gasteiger partial charge in [0.25, 0.3) is 0 Å². The molecule has 3 rings (SSSR count). The SMILES string of the molecule is Cc1cc(=O)oc2c3c(ccc12)N(C(=O)OCC(Cl)(Cl)Cl)C(O)C3. The Bertz CT molecular complexity index is 874. The van der Waals surface area contributed by atoms with Crippen molar-refractivity contribution in [1.29, 1.82) is 0 Å². The standard InChI is InChI=1S/C15H12Cl3NO5/c1-7-4-12(21)24-13-8(7)2-3-10-9(13)5-11(20)19(10)14(22)23-6-15(16,17)18/h2-4,11,20H,5-6H2,1H3. The van der Waals surface area contributed by atoms with E-state index >= 15 is 0 Å².